The second-order valence-electron chi connectivity index (χ2n) is 10.0. The Morgan fingerprint density at radius 1 is 0.762 bits per heavy atom. The number of nitrogens with one attached hydrogen (secondary N) is 2. The lowest BCUT2D eigenvalue weighted by Gasteiger charge is -2.12. The molecule has 0 saturated heterocycles. The molecule has 0 aromatic heterocycles. The van der Waals surface area contributed by atoms with Gasteiger partial charge in [0, 0.05) is 6.42 Å². The highest BCUT2D eigenvalue weighted by atomic mass is 16.6. The third-order valence-corrected chi connectivity index (χ3v) is 6.39. The molecule has 0 bridgehead atoms. The molecule has 42 heavy (non-hydrogen) atoms. The highest BCUT2D eigenvalue weighted by Crippen LogP contribution is 2.29. The van der Waals surface area contributed by atoms with Crippen LogP contribution in [0, 0.1) is 0 Å². The van der Waals surface area contributed by atoms with Crippen LogP contribution in [0.4, 0.5) is 0 Å². The van der Waals surface area contributed by atoms with Crippen molar-refractivity contribution in [2.45, 2.75) is 91.4 Å². The number of hydrazone groups is 1. The summed E-state index contributed by atoms with van der Waals surface area (Å²) in [7, 11) is 0. The number of carbonyl (C=O) groups excluding carboxylic acids is 3. The molecule has 2 amide bonds. The molecule has 0 atom stereocenters. The van der Waals surface area contributed by atoms with Gasteiger partial charge in [-0.2, -0.15) is 5.10 Å². The van der Waals surface area contributed by atoms with Crippen molar-refractivity contribution in [3.8, 4) is 17.2 Å². The van der Waals surface area contributed by atoms with Crippen molar-refractivity contribution in [3.63, 3.8) is 0 Å². The van der Waals surface area contributed by atoms with Crippen LogP contribution in [0.2, 0.25) is 0 Å². The number of rotatable bonds is 21. The Balaban J connectivity index is 1.74. The maximum atomic E-state index is 12.7. The highest BCUT2D eigenvalue weighted by Gasteiger charge is 2.14. The van der Waals surface area contributed by atoms with E-state index in [-0.39, 0.29) is 18.2 Å². The second kappa shape index (κ2) is 20.9. The van der Waals surface area contributed by atoms with E-state index in [0.29, 0.717) is 42.3 Å². The molecule has 0 spiro atoms. The van der Waals surface area contributed by atoms with Crippen LogP contribution in [0.15, 0.2) is 47.6 Å². The van der Waals surface area contributed by atoms with Crippen LogP contribution < -0.4 is 25.0 Å². The normalized spacial score (nSPS) is 10.8. The molecule has 0 aliphatic heterocycles. The summed E-state index contributed by atoms with van der Waals surface area (Å²) in [5, 5.41) is 6.59. The zero-order valence-corrected chi connectivity index (χ0v) is 25.4. The third kappa shape index (κ3) is 14.1. The van der Waals surface area contributed by atoms with E-state index in [1.165, 1.54) is 44.7 Å². The van der Waals surface area contributed by atoms with Crippen molar-refractivity contribution in [3.05, 3.63) is 53.6 Å². The van der Waals surface area contributed by atoms with Crippen molar-refractivity contribution < 1.29 is 28.6 Å². The molecule has 0 radical (unpaired) electrons. The molecule has 2 aromatic rings. The van der Waals surface area contributed by atoms with E-state index in [9.17, 15) is 14.4 Å². The Morgan fingerprint density at radius 3 is 2.12 bits per heavy atom. The lowest BCUT2D eigenvalue weighted by Crippen LogP contribution is -2.34. The zero-order chi connectivity index (χ0) is 30.4. The van der Waals surface area contributed by atoms with E-state index < -0.39 is 11.9 Å². The first-order valence-electron chi connectivity index (χ1n) is 15.3. The van der Waals surface area contributed by atoms with Crippen LogP contribution in [0.25, 0.3) is 0 Å². The number of esters is 1. The summed E-state index contributed by atoms with van der Waals surface area (Å²) in [5.41, 5.74) is 3.42. The zero-order valence-electron chi connectivity index (χ0n) is 25.4. The SMILES string of the molecule is CCCCCCCCCCCC(=O)NCC(=O)N/N=C/c1ccc(OC(=O)c2ccc(OCCC)cc2)c(OCC)c1. The summed E-state index contributed by atoms with van der Waals surface area (Å²) in [6.45, 7) is 6.90. The molecule has 0 aliphatic rings. The van der Waals surface area contributed by atoms with E-state index >= 15 is 0 Å². The van der Waals surface area contributed by atoms with Crippen molar-refractivity contribution in [2.75, 3.05) is 19.8 Å². The van der Waals surface area contributed by atoms with E-state index in [1.54, 1.807) is 42.5 Å². The van der Waals surface area contributed by atoms with Crippen LogP contribution >= 0.6 is 0 Å². The van der Waals surface area contributed by atoms with Crippen LogP contribution in [0.3, 0.4) is 0 Å². The summed E-state index contributed by atoms with van der Waals surface area (Å²) in [6, 6.07) is 11.7. The van der Waals surface area contributed by atoms with E-state index in [2.05, 4.69) is 22.8 Å². The van der Waals surface area contributed by atoms with Crippen molar-refractivity contribution in [1.82, 2.24) is 10.7 Å². The van der Waals surface area contributed by atoms with Gasteiger partial charge in [-0.25, -0.2) is 10.2 Å². The highest BCUT2D eigenvalue weighted by molar-refractivity contribution is 5.92. The van der Waals surface area contributed by atoms with Gasteiger partial charge in [-0.3, -0.25) is 9.59 Å². The number of nitrogens with zero attached hydrogens (tertiary/aromatic N) is 1. The van der Waals surface area contributed by atoms with Gasteiger partial charge in [-0.1, -0.05) is 65.2 Å². The van der Waals surface area contributed by atoms with Crippen molar-refractivity contribution >= 4 is 24.0 Å². The summed E-state index contributed by atoms with van der Waals surface area (Å²) >= 11 is 0. The standard InChI is InChI=1S/C33H47N3O6/c1-4-7-8-9-10-11-12-13-14-15-31(37)34-25-32(38)36-35-24-26-16-21-29(30(23-26)40-6-3)42-33(39)27-17-19-28(20-18-27)41-22-5-2/h16-21,23-24H,4-15,22,25H2,1-3H3,(H,34,37)(H,36,38)/b35-24+. The molecule has 2 rings (SSSR count). The van der Waals surface area contributed by atoms with Gasteiger partial charge in [-0.15, -0.1) is 0 Å². The van der Waals surface area contributed by atoms with Crippen LogP contribution in [0.1, 0.15) is 107 Å². The lowest BCUT2D eigenvalue weighted by molar-refractivity contribution is -0.126. The van der Waals surface area contributed by atoms with Gasteiger partial charge in [0.2, 0.25) is 5.91 Å². The average molecular weight is 582 g/mol. The minimum absolute atomic E-state index is 0.135. The van der Waals surface area contributed by atoms with Crippen LogP contribution in [0.5, 0.6) is 17.2 Å². The predicted octanol–water partition coefficient (Wildman–Crippen LogP) is 6.58. The van der Waals surface area contributed by atoms with Gasteiger partial charge < -0.3 is 19.5 Å². The minimum atomic E-state index is -0.522. The van der Waals surface area contributed by atoms with E-state index in [0.717, 1.165) is 25.7 Å². The molecule has 2 N–H and O–H groups in total. The lowest BCUT2D eigenvalue weighted by atomic mass is 10.1. The van der Waals surface area contributed by atoms with E-state index in [4.69, 9.17) is 14.2 Å². The number of benzene rings is 2. The largest absolute Gasteiger partial charge is 0.494 e. The summed E-state index contributed by atoms with van der Waals surface area (Å²) < 4.78 is 16.8. The monoisotopic (exact) mass is 581 g/mol. The van der Waals surface area contributed by atoms with Gasteiger partial charge in [-0.05, 0) is 67.8 Å². The topological polar surface area (TPSA) is 115 Å². The molecular weight excluding hydrogens is 534 g/mol. The van der Waals surface area contributed by atoms with E-state index in [1.807, 2.05) is 13.8 Å². The number of hydrogen-bond donors (Lipinski definition) is 2. The second-order valence-corrected chi connectivity index (χ2v) is 10.0. The third-order valence-electron chi connectivity index (χ3n) is 6.39. The van der Waals surface area contributed by atoms with Crippen LogP contribution in [-0.2, 0) is 9.59 Å². The maximum absolute atomic E-state index is 12.7. The fourth-order valence-corrected chi connectivity index (χ4v) is 4.11. The molecule has 0 unspecified atom stereocenters. The molecule has 2 aromatic carbocycles. The molecule has 0 aliphatic carbocycles. The van der Waals surface area contributed by atoms with Crippen molar-refractivity contribution in [2.24, 2.45) is 5.10 Å². The number of ether oxygens (including phenoxy) is 3. The number of amides is 2. The summed E-state index contributed by atoms with van der Waals surface area (Å²) in [5.74, 6) is 0.247. The van der Waals surface area contributed by atoms with Gasteiger partial charge in [0.25, 0.3) is 5.91 Å². The first-order valence-corrected chi connectivity index (χ1v) is 15.3. The first kappa shape index (κ1) is 34.3. The number of unbranched alkanes of at least 4 members (excludes halogenated alkanes) is 8. The summed E-state index contributed by atoms with van der Waals surface area (Å²) in [6.07, 6.45) is 13.4. The molecular formula is C33H47N3O6. The molecule has 230 valence electrons. The predicted molar refractivity (Wildman–Crippen MR) is 165 cm³/mol. The summed E-state index contributed by atoms with van der Waals surface area (Å²) in [4.78, 5) is 36.8. The number of carbonyl (C=O) groups is 3. The molecule has 9 nitrogen and oxygen atoms in total. The number of hydrogen-bond acceptors (Lipinski definition) is 7. The molecule has 9 heteroatoms. The molecule has 0 heterocycles. The smallest absolute Gasteiger partial charge is 0.343 e. The first-order chi connectivity index (χ1) is 20.5. The Hall–Kier alpha value is -3.88. The van der Waals surface area contributed by atoms with Gasteiger partial charge in [0.1, 0.15) is 5.75 Å². The Bertz CT molecular complexity index is 1120. The van der Waals surface area contributed by atoms with Crippen LogP contribution in [-0.4, -0.2) is 43.8 Å². The fraction of sp³-hybridized carbons (Fsp3) is 0.515. The quantitative estimate of drug-likeness (QED) is 0.0566. The Labute approximate surface area is 250 Å². The molecule has 0 saturated carbocycles. The Morgan fingerprint density at radius 2 is 1.45 bits per heavy atom. The van der Waals surface area contributed by atoms with Crippen molar-refractivity contribution in [1.29, 1.82) is 0 Å². The Kier molecular flexibility index (Phi) is 17.1. The van der Waals surface area contributed by atoms with Gasteiger partial charge in [0.05, 0.1) is 31.5 Å². The molecule has 0 fully saturated rings. The maximum Gasteiger partial charge on any atom is 0.343 e. The minimum Gasteiger partial charge on any atom is -0.494 e. The van der Waals surface area contributed by atoms with Gasteiger partial charge >= 0.3 is 5.97 Å². The average Bonchev–Trinajstić information content (AvgIpc) is 2.99. The van der Waals surface area contributed by atoms with Gasteiger partial charge in [0.15, 0.2) is 11.5 Å². The fourth-order valence-electron chi connectivity index (χ4n) is 4.11.